The third-order valence-electron chi connectivity index (χ3n) is 2.10. The van der Waals surface area contributed by atoms with Gasteiger partial charge in [-0.3, -0.25) is 4.99 Å². The fourth-order valence-corrected chi connectivity index (χ4v) is 1.05. The summed E-state index contributed by atoms with van der Waals surface area (Å²) in [6.45, 7) is 6.10. The van der Waals surface area contributed by atoms with Crippen LogP contribution in [0.5, 0.6) is 0 Å². The van der Waals surface area contributed by atoms with Gasteiger partial charge in [-0.15, -0.1) is 0 Å². The molecule has 1 atom stereocenters. The summed E-state index contributed by atoms with van der Waals surface area (Å²) >= 11 is 0. The molecule has 0 saturated heterocycles. The van der Waals surface area contributed by atoms with Crippen LogP contribution in [0.25, 0.3) is 0 Å². The molecular weight excluding hydrogens is 162 g/mol. The zero-order chi connectivity index (χ0) is 9.68. The second-order valence-corrected chi connectivity index (χ2v) is 3.01. The lowest BCUT2D eigenvalue weighted by Crippen LogP contribution is -1.94. The van der Waals surface area contributed by atoms with Crippen molar-refractivity contribution in [2.75, 3.05) is 0 Å². The number of aromatic amines is 1. The minimum absolute atomic E-state index is 0.353. The molecule has 70 valence electrons. The standard InChI is InChI=1S/C10H15N3/c1-4-11-5-8(2)9(3)10-6-12-7-13-10/h4-7,9H,1-3H3,(H,12,13)/b8-5+,11-4?. The van der Waals surface area contributed by atoms with E-state index in [9.17, 15) is 0 Å². The number of rotatable bonds is 3. The van der Waals surface area contributed by atoms with E-state index >= 15 is 0 Å². The van der Waals surface area contributed by atoms with Crippen LogP contribution in [0.15, 0.2) is 29.3 Å². The van der Waals surface area contributed by atoms with Gasteiger partial charge in [0.1, 0.15) is 0 Å². The minimum atomic E-state index is 0.353. The lowest BCUT2D eigenvalue weighted by Gasteiger charge is -2.07. The normalized spacial score (nSPS) is 15.2. The van der Waals surface area contributed by atoms with Crippen LogP contribution in [0.2, 0.25) is 0 Å². The fraction of sp³-hybridized carbons (Fsp3) is 0.400. The van der Waals surface area contributed by atoms with Crippen LogP contribution in [-0.2, 0) is 0 Å². The first-order valence-electron chi connectivity index (χ1n) is 4.38. The third kappa shape index (κ3) is 2.54. The van der Waals surface area contributed by atoms with Gasteiger partial charge in [0.05, 0.1) is 6.33 Å². The average Bonchev–Trinajstić information content (AvgIpc) is 2.65. The van der Waals surface area contributed by atoms with Crippen molar-refractivity contribution in [2.45, 2.75) is 26.7 Å². The van der Waals surface area contributed by atoms with Gasteiger partial charge in [0, 0.05) is 30.2 Å². The van der Waals surface area contributed by atoms with Crippen molar-refractivity contribution in [3.63, 3.8) is 0 Å². The van der Waals surface area contributed by atoms with E-state index in [2.05, 4.69) is 28.8 Å². The van der Waals surface area contributed by atoms with E-state index < -0.39 is 0 Å². The molecule has 1 aromatic heterocycles. The van der Waals surface area contributed by atoms with E-state index in [0.717, 1.165) is 5.69 Å². The Kier molecular flexibility index (Phi) is 3.43. The number of nitrogens with one attached hydrogen (secondary N) is 1. The molecule has 1 rings (SSSR count). The number of H-pyrrole nitrogens is 1. The van der Waals surface area contributed by atoms with Crippen molar-refractivity contribution in [3.05, 3.63) is 30.0 Å². The lowest BCUT2D eigenvalue weighted by atomic mass is 10.0. The summed E-state index contributed by atoms with van der Waals surface area (Å²) in [5, 5.41) is 0. The molecule has 1 unspecified atom stereocenters. The maximum absolute atomic E-state index is 4.08. The molecule has 0 aromatic carbocycles. The first-order valence-corrected chi connectivity index (χ1v) is 4.38. The summed E-state index contributed by atoms with van der Waals surface area (Å²) in [7, 11) is 0. The molecule has 0 saturated carbocycles. The Morgan fingerprint density at radius 1 is 1.69 bits per heavy atom. The molecule has 0 amide bonds. The van der Waals surface area contributed by atoms with Gasteiger partial charge in [-0.1, -0.05) is 6.92 Å². The van der Waals surface area contributed by atoms with Crippen molar-refractivity contribution in [3.8, 4) is 0 Å². The molecule has 0 aliphatic rings. The molecule has 1 heterocycles. The fourth-order valence-electron chi connectivity index (χ4n) is 1.05. The first kappa shape index (κ1) is 9.71. The monoisotopic (exact) mass is 177 g/mol. The minimum Gasteiger partial charge on any atom is -0.348 e. The van der Waals surface area contributed by atoms with Crippen LogP contribution in [0, 0.1) is 0 Å². The van der Waals surface area contributed by atoms with Gasteiger partial charge in [0.15, 0.2) is 0 Å². The van der Waals surface area contributed by atoms with Crippen LogP contribution in [0.3, 0.4) is 0 Å². The van der Waals surface area contributed by atoms with Crippen LogP contribution < -0.4 is 0 Å². The molecule has 0 radical (unpaired) electrons. The predicted octanol–water partition coefficient (Wildman–Crippen LogP) is 2.51. The molecule has 1 aromatic rings. The Morgan fingerprint density at radius 2 is 2.46 bits per heavy atom. The highest BCUT2D eigenvalue weighted by Gasteiger charge is 2.07. The van der Waals surface area contributed by atoms with Crippen molar-refractivity contribution in [1.82, 2.24) is 9.97 Å². The number of aliphatic imine (C=N–C) groups is 1. The van der Waals surface area contributed by atoms with Crippen LogP contribution in [0.4, 0.5) is 0 Å². The van der Waals surface area contributed by atoms with E-state index in [1.165, 1.54) is 5.57 Å². The number of imidazole rings is 1. The molecular formula is C10H15N3. The molecule has 0 fully saturated rings. The molecule has 13 heavy (non-hydrogen) atoms. The first-order chi connectivity index (χ1) is 6.25. The molecule has 3 nitrogen and oxygen atoms in total. The quantitative estimate of drug-likeness (QED) is 0.708. The Hall–Kier alpha value is -1.38. The van der Waals surface area contributed by atoms with Gasteiger partial charge in [-0.05, 0) is 19.4 Å². The highest BCUT2D eigenvalue weighted by atomic mass is 14.9. The lowest BCUT2D eigenvalue weighted by molar-refractivity contribution is 0.855. The maximum atomic E-state index is 4.08. The van der Waals surface area contributed by atoms with Crippen LogP contribution in [-0.4, -0.2) is 16.2 Å². The zero-order valence-electron chi connectivity index (χ0n) is 8.28. The largest absolute Gasteiger partial charge is 0.348 e. The molecule has 1 N–H and O–H groups in total. The van der Waals surface area contributed by atoms with E-state index in [0.29, 0.717) is 5.92 Å². The topological polar surface area (TPSA) is 41.0 Å². The summed E-state index contributed by atoms with van der Waals surface area (Å²) in [5.74, 6) is 0.353. The Balaban J connectivity index is 2.73. The van der Waals surface area contributed by atoms with Crippen molar-refractivity contribution in [2.24, 2.45) is 4.99 Å². The number of nitrogens with zero attached hydrogens (tertiary/aromatic N) is 2. The number of allylic oxidation sites excluding steroid dienone is 1. The number of hydrogen-bond acceptors (Lipinski definition) is 2. The van der Waals surface area contributed by atoms with E-state index in [4.69, 9.17) is 0 Å². The van der Waals surface area contributed by atoms with E-state index in [-0.39, 0.29) is 0 Å². The second-order valence-electron chi connectivity index (χ2n) is 3.01. The second kappa shape index (κ2) is 4.60. The number of hydrogen-bond donors (Lipinski definition) is 1. The van der Waals surface area contributed by atoms with Crippen LogP contribution >= 0.6 is 0 Å². The molecule has 0 aliphatic heterocycles. The van der Waals surface area contributed by atoms with Crippen molar-refractivity contribution in [1.29, 1.82) is 0 Å². The van der Waals surface area contributed by atoms with Crippen molar-refractivity contribution < 1.29 is 0 Å². The highest BCUT2D eigenvalue weighted by molar-refractivity contribution is 5.54. The Labute approximate surface area is 78.6 Å². The van der Waals surface area contributed by atoms with Gasteiger partial charge in [0.25, 0.3) is 0 Å². The zero-order valence-corrected chi connectivity index (χ0v) is 8.28. The molecule has 0 bridgehead atoms. The van der Waals surface area contributed by atoms with Crippen LogP contribution in [0.1, 0.15) is 32.4 Å². The SMILES string of the molecule is CC=N/C=C(\C)C(C)c1cnc[nH]1. The summed E-state index contributed by atoms with van der Waals surface area (Å²) < 4.78 is 0. The third-order valence-corrected chi connectivity index (χ3v) is 2.10. The van der Waals surface area contributed by atoms with Gasteiger partial charge in [-0.25, -0.2) is 4.98 Å². The van der Waals surface area contributed by atoms with Gasteiger partial charge in [0.2, 0.25) is 0 Å². The Bertz CT molecular complexity index is 296. The van der Waals surface area contributed by atoms with Gasteiger partial charge < -0.3 is 4.98 Å². The molecule has 3 heteroatoms. The van der Waals surface area contributed by atoms with E-state index in [1.54, 1.807) is 12.5 Å². The predicted molar refractivity (Wildman–Crippen MR) is 54.9 cm³/mol. The summed E-state index contributed by atoms with van der Waals surface area (Å²) in [5.41, 5.74) is 2.35. The summed E-state index contributed by atoms with van der Waals surface area (Å²) in [4.78, 5) is 11.2. The maximum Gasteiger partial charge on any atom is 0.0921 e. The van der Waals surface area contributed by atoms with E-state index in [1.807, 2.05) is 19.3 Å². The molecule has 0 spiro atoms. The van der Waals surface area contributed by atoms with Crippen molar-refractivity contribution >= 4 is 6.21 Å². The average molecular weight is 177 g/mol. The highest BCUT2D eigenvalue weighted by Crippen LogP contribution is 2.20. The molecule has 0 aliphatic carbocycles. The smallest absolute Gasteiger partial charge is 0.0921 e. The Morgan fingerprint density at radius 3 is 3.00 bits per heavy atom. The van der Waals surface area contributed by atoms with Gasteiger partial charge >= 0.3 is 0 Å². The summed E-state index contributed by atoms with van der Waals surface area (Å²) in [6, 6.07) is 0. The van der Waals surface area contributed by atoms with Gasteiger partial charge in [-0.2, -0.15) is 0 Å². The summed E-state index contributed by atoms with van der Waals surface area (Å²) in [6.07, 6.45) is 7.20. The number of aromatic nitrogens is 2.